The second kappa shape index (κ2) is 4.48. The molecule has 104 valence electrons. The van der Waals surface area contributed by atoms with Crippen molar-refractivity contribution >= 4 is 11.6 Å². The van der Waals surface area contributed by atoms with E-state index in [9.17, 15) is 10.1 Å². The third-order valence-electron chi connectivity index (χ3n) is 4.51. The number of imidazole rings is 1. The van der Waals surface area contributed by atoms with Gasteiger partial charge in [0.05, 0.1) is 0 Å². The summed E-state index contributed by atoms with van der Waals surface area (Å²) in [5.41, 5.74) is 6.19. The molecule has 1 aromatic rings. The van der Waals surface area contributed by atoms with E-state index in [0.29, 0.717) is 17.7 Å². The van der Waals surface area contributed by atoms with Gasteiger partial charge in [-0.2, -0.15) is 0 Å². The number of aromatic nitrogens is 2. The van der Waals surface area contributed by atoms with E-state index in [4.69, 9.17) is 5.73 Å². The Bertz CT molecular complexity index is 500. The van der Waals surface area contributed by atoms with Crippen LogP contribution in [0.25, 0.3) is 0 Å². The molecule has 3 unspecified atom stereocenters. The van der Waals surface area contributed by atoms with Crippen LogP contribution < -0.4 is 10.6 Å². The van der Waals surface area contributed by atoms with E-state index in [2.05, 4.69) is 9.88 Å². The number of hydrogen-bond acceptors (Lipinski definition) is 5. The molecule has 3 rings (SSSR count). The number of nitro groups is 1. The van der Waals surface area contributed by atoms with Gasteiger partial charge in [0.15, 0.2) is 0 Å². The predicted octanol–water partition coefficient (Wildman–Crippen LogP) is 0.892. The molecule has 1 aliphatic heterocycles. The zero-order chi connectivity index (χ0) is 13.6. The standard InChI is InChI=1S/C12H19N5O2/c1-15-7-14-11(17(18)19)12(15)16-5-8-3-2-4-10(13)9(8)6-16/h7-10H,2-6,13H2,1H3. The molecule has 2 aliphatic rings. The number of aryl methyl sites for hydroxylation is 1. The fraction of sp³-hybridized carbons (Fsp3) is 0.750. The van der Waals surface area contributed by atoms with Crippen LogP contribution in [0.1, 0.15) is 19.3 Å². The van der Waals surface area contributed by atoms with Crippen molar-refractivity contribution in [1.82, 2.24) is 9.55 Å². The molecule has 1 saturated heterocycles. The highest BCUT2D eigenvalue weighted by molar-refractivity contribution is 5.55. The minimum absolute atomic E-state index is 0.0466. The highest BCUT2D eigenvalue weighted by Gasteiger charge is 2.41. The molecular weight excluding hydrogens is 246 g/mol. The summed E-state index contributed by atoms with van der Waals surface area (Å²) < 4.78 is 1.74. The molecule has 7 heteroatoms. The summed E-state index contributed by atoms with van der Waals surface area (Å²) in [5, 5.41) is 11.0. The van der Waals surface area contributed by atoms with E-state index in [-0.39, 0.29) is 11.9 Å². The lowest BCUT2D eigenvalue weighted by molar-refractivity contribution is -0.388. The molecule has 2 heterocycles. The third-order valence-corrected chi connectivity index (χ3v) is 4.51. The summed E-state index contributed by atoms with van der Waals surface area (Å²) in [4.78, 5) is 16.6. The molecule has 1 saturated carbocycles. The van der Waals surface area contributed by atoms with Gasteiger partial charge in [-0.05, 0) is 34.6 Å². The molecule has 0 aromatic carbocycles. The second-order valence-electron chi connectivity index (χ2n) is 5.68. The van der Waals surface area contributed by atoms with Crippen LogP contribution >= 0.6 is 0 Å². The Morgan fingerprint density at radius 3 is 2.95 bits per heavy atom. The van der Waals surface area contributed by atoms with Crippen molar-refractivity contribution in [2.75, 3.05) is 18.0 Å². The number of rotatable bonds is 2. The Kier molecular flexibility index (Phi) is 2.93. The monoisotopic (exact) mass is 265 g/mol. The lowest BCUT2D eigenvalue weighted by atomic mass is 9.78. The normalized spacial score (nSPS) is 30.4. The Labute approximate surface area is 111 Å². The Balaban J connectivity index is 1.88. The van der Waals surface area contributed by atoms with Crippen LogP contribution in [0.15, 0.2) is 6.33 Å². The SMILES string of the molecule is Cn1cnc([N+](=O)[O-])c1N1CC2CCCC(N)C2C1. The van der Waals surface area contributed by atoms with E-state index in [1.54, 1.807) is 11.6 Å². The molecule has 0 radical (unpaired) electrons. The number of hydrogen-bond donors (Lipinski definition) is 1. The predicted molar refractivity (Wildman–Crippen MR) is 70.9 cm³/mol. The molecule has 19 heavy (non-hydrogen) atoms. The maximum Gasteiger partial charge on any atom is 0.406 e. The number of fused-ring (bicyclic) bond motifs is 1. The first-order valence-electron chi connectivity index (χ1n) is 6.74. The number of anilines is 1. The molecule has 7 nitrogen and oxygen atoms in total. The van der Waals surface area contributed by atoms with Gasteiger partial charge >= 0.3 is 5.82 Å². The second-order valence-corrected chi connectivity index (χ2v) is 5.68. The van der Waals surface area contributed by atoms with Gasteiger partial charge in [0.2, 0.25) is 12.1 Å². The van der Waals surface area contributed by atoms with Crippen molar-refractivity contribution in [1.29, 1.82) is 0 Å². The minimum Gasteiger partial charge on any atom is -0.358 e. The first-order valence-corrected chi connectivity index (χ1v) is 6.74. The van der Waals surface area contributed by atoms with Crippen molar-refractivity contribution in [2.24, 2.45) is 24.6 Å². The Morgan fingerprint density at radius 1 is 1.47 bits per heavy atom. The van der Waals surface area contributed by atoms with Crippen molar-refractivity contribution in [3.63, 3.8) is 0 Å². The average Bonchev–Trinajstić information content (AvgIpc) is 2.92. The molecule has 1 aromatic heterocycles. The topological polar surface area (TPSA) is 90.2 Å². The van der Waals surface area contributed by atoms with Crippen molar-refractivity contribution < 1.29 is 4.92 Å². The summed E-state index contributed by atoms with van der Waals surface area (Å²) in [6.45, 7) is 1.67. The maximum atomic E-state index is 11.0. The zero-order valence-corrected chi connectivity index (χ0v) is 11.0. The molecule has 0 bridgehead atoms. The summed E-state index contributed by atoms with van der Waals surface area (Å²) in [7, 11) is 1.80. The van der Waals surface area contributed by atoms with Gasteiger partial charge in [-0.15, -0.1) is 0 Å². The van der Waals surface area contributed by atoms with E-state index in [0.717, 1.165) is 19.5 Å². The molecule has 2 N–H and O–H groups in total. The van der Waals surface area contributed by atoms with Crippen LogP contribution in [-0.4, -0.2) is 33.6 Å². The summed E-state index contributed by atoms with van der Waals surface area (Å²) in [6, 6.07) is 0.232. The minimum atomic E-state index is -0.406. The van der Waals surface area contributed by atoms with E-state index >= 15 is 0 Å². The smallest absolute Gasteiger partial charge is 0.358 e. The van der Waals surface area contributed by atoms with Gasteiger partial charge < -0.3 is 20.7 Å². The molecule has 1 aliphatic carbocycles. The van der Waals surface area contributed by atoms with E-state index in [1.165, 1.54) is 19.2 Å². The van der Waals surface area contributed by atoms with Gasteiger partial charge in [-0.1, -0.05) is 6.42 Å². The van der Waals surface area contributed by atoms with Crippen molar-refractivity contribution in [3.8, 4) is 0 Å². The fourth-order valence-corrected chi connectivity index (χ4v) is 3.59. The van der Waals surface area contributed by atoms with Gasteiger partial charge in [-0.25, -0.2) is 0 Å². The van der Waals surface area contributed by atoms with Crippen LogP contribution in [0.4, 0.5) is 11.6 Å². The molecule has 0 spiro atoms. The molecule has 2 fully saturated rings. The van der Waals surface area contributed by atoms with Crippen molar-refractivity contribution in [2.45, 2.75) is 25.3 Å². The molecule has 0 amide bonds. The number of nitrogens with two attached hydrogens (primary N) is 1. The quantitative estimate of drug-likeness (QED) is 0.633. The zero-order valence-electron chi connectivity index (χ0n) is 11.0. The highest BCUT2D eigenvalue weighted by atomic mass is 16.6. The Morgan fingerprint density at radius 2 is 2.26 bits per heavy atom. The Hall–Kier alpha value is -1.63. The molecule has 3 atom stereocenters. The van der Waals surface area contributed by atoms with E-state index in [1.807, 2.05) is 0 Å². The highest BCUT2D eigenvalue weighted by Crippen LogP contribution is 2.39. The van der Waals surface area contributed by atoms with Crippen LogP contribution in [-0.2, 0) is 7.05 Å². The van der Waals surface area contributed by atoms with Crippen LogP contribution in [0.3, 0.4) is 0 Å². The largest absolute Gasteiger partial charge is 0.406 e. The van der Waals surface area contributed by atoms with Gasteiger partial charge in [-0.3, -0.25) is 4.57 Å². The van der Waals surface area contributed by atoms with E-state index < -0.39 is 4.92 Å². The van der Waals surface area contributed by atoms with Gasteiger partial charge in [0, 0.05) is 26.2 Å². The maximum absolute atomic E-state index is 11.0. The van der Waals surface area contributed by atoms with Crippen LogP contribution in [0, 0.1) is 22.0 Å². The van der Waals surface area contributed by atoms with Gasteiger partial charge in [0.25, 0.3) is 0 Å². The lowest BCUT2D eigenvalue weighted by Crippen LogP contribution is -2.38. The van der Waals surface area contributed by atoms with Crippen LogP contribution in [0.5, 0.6) is 0 Å². The summed E-state index contributed by atoms with van der Waals surface area (Å²) in [6.07, 6.45) is 4.93. The first-order chi connectivity index (χ1) is 9.08. The summed E-state index contributed by atoms with van der Waals surface area (Å²) >= 11 is 0. The third kappa shape index (κ3) is 1.98. The summed E-state index contributed by atoms with van der Waals surface area (Å²) in [5.74, 6) is 1.60. The fourth-order valence-electron chi connectivity index (χ4n) is 3.59. The number of nitrogens with zero attached hydrogens (tertiary/aromatic N) is 4. The first kappa shape index (κ1) is 12.4. The van der Waals surface area contributed by atoms with Crippen molar-refractivity contribution in [3.05, 3.63) is 16.4 Å². The van der Waals surface area contributed by atoms with Crippen LogP contribution in [0.2, 0.25) is 0 Å². The lowest BCUT2D eigenvalue weighted by Gasteiger charge is -2.29. The average molecular weight is 265 g/mol. The molecular formula is C12H19N5O2. The van der Waals surface area contributed by atoms with Gasteiger partial charge in [0.1, 0.15) is 0 Å².